The van der Waals surface area contributed by atoms with Gasteiger partial charge in [-0.3, -0.25) is 9.59 Å². The number of rotatable bonds is 7. The zero-order valence-corrected chi connectivity index (χ0v) is 12.7. The molecular weight excluding hydrogens is 268 g/mol. The average Bonchev–Trinajstić information content (AvgIpc) is 3.15. The molecule has 0 aromatic heterocycles. The molecule has 118 valence electrons. The number of hydrogen-bond acceptors (Lipinski definition) is 3. The van der Waals surface area contributed by atoms with Gasteiger partial charge in [0.15, 0.2) is 0 Å². The first-order chi connectivity index (χ1) is 10.2. The maximum atomic E-state index is 12.7. The van der Waals surface area contributed by atoms with Crippen LogP contribution in [0.3, 0.4) is 0 Å². The smallest absolute Gasteiger partial charge is 0.228 e. The van der Waals surface area contributed by atoms with E-state index < -0.39 is 0 Å². The van der Waals surface area contributed by atoms with Crippen LogP contribution in [0.1, 0.15) is 44.9 Å². The van der Waals surface area contributed by atoms with Gasteiger partial charge in [0, 0.05) is 38.7 Å². The molecule has 0 aromatic carbocycles. The number of likely N-dealkylation sites (tertiary alicyclic amines) is 1. The third-order valence-electron chi connectivity index (χ3n) is 5.09. The summed E-state index contributed by atoms with van der Waals surface area (Å²) in [6, 6.07) is 0.344. The first-order valence-electron chi connectivity index (χ1n) is 8.38. The highest BCUT2D eigenvalue weighted by Gasteiger charge is 2.40. The summed E-state index contributed by atoms with van der Waals surface area (Å²) in [6.45, 7) is 2.21. The first kappa shape index (κ1) is 14.8. The predicted molar refractivity (Wildman–Crippen MR) is 78.5 cm³/mol. The summed E-state index contributed by atoms with van der Waals surface area (Å²) in [6.07, 6.45) is 6.81. The highest BCUT2D eigenvalue weighted by Crippen LogP contribution is 2.33. The lowest BCUT2D eigenvalue weighted by Gasteiger charge is -2.39. The van der Waals surface area contributed by atoms with Gasteiger partial charge in [-0.15, -0.1) is 0 Å². The van der Waals surface area contributed by atoms with Gasteiger partial charge in [-0.1, -0.05) is 0 Å². The monoisotopic (exact) mass is 294 g/mol. The molecule has 5 heteroatoms. The van der Waals surface area contributed by atoms with E-state index in [1.54, 1.807) is 0 Å². The Morgan fingerprint density at radius 1 is 1.29 bits per heavy atom. The van der Waals surface area contributed by atoms with Gasteiger partial charge in [0.25, 0.3) is 0 Å². The zero-order chi connectivity index (χ0) is 14.8. The minimum Gasteiger partial charge on any atom is -0.396 e. The van der Waals surface area contributed by atoms with E-state index in [4.69, 9.17) is 5.11 Å². The van der Waals surface area contributed by atoms with Crippen molar-refractivity contribution in [2.24, 2.45) is 11.8 Å². The number of hydrogen-bond donors (Lipinski definition) is 1. The molecule has 3 fully saturated rings. The predicted octanol–water partition coefficient (Wildman–Crippen LogP) is 1.01. The second-order valence-corrected chi connectivity index (χ2v) is 6.84. The molecule has 5 nitrogen and oxygen atoms in total. The molecule has 0 bridgehead atoms. The molecule has 0 aromatic rings. The minimum absolute atomic E-state index is 0.119. The lowest BCUT2D eigenvalue weighted by Crippen LogP contribution is -2.48. The fourth-order valence-corrected chi connectivity index (χ4v) is 3.37. The Kier molecular flexibility index (Phi) is 4.48. The van der Waals surface area contributed by atoms with Gasteiger partial charge in [0.2, 0.25) is 11.8 Å². The number of carbonyl (C=O) groups is 2. The molecule has 2 amide bonds. The molecule has 3 rings (SSSR count). The maximum Gasteiger partial charge on any atom is 0.228 e. The zero-order valence-electron chi connectivity index (χ0n) is 12.7. The summed E-state index contributed by atoms with van der Waals surface area (Å²) in [5.41, 5.74) is 0. The summed E-state index contributed by atoms with van der Waals surface area (Å²) >= 11 is 0. The Balaban J connectivity index is 1.58. The molecule has 1 unspecified atom stereocenters. The summed E-state index contributed by atoms with van der Waals surface area (Å²) in [4.78, 5) is 28.6. The van der Waals surface area contributed by atoms with Crippen molar-refractivity contribution < 1.29 is 14.7 Å². The van der Waals surface area contributed by atoms with E-state index in [9.17, 15) is 9.59 Å². The average molecular weight is 294 g/mol. The van der Waals surface area contributed by atoms with E-state index in [0.717, 1.165) is 19.4 Å². The SMILES string of the molecule is O=C1CC(C(=O)N(CCCO)C2CCC2)CN1CC1CC1. The number of aliphatic hydroxyl groups excluding tert-OH is 1. The van der Waals surface area contributed by atoms with E-state index in [0.29, 0.717) is 37.9 Å². The van der Waals surface area contributed by atoms with Crippen LogP contribution in [0.5, 0.6) is 0 Å². The van der Waals surface area contributed by atoms with Crippen LogP contribution in [0.15, 0.2) is 0 Å². The van der Waals surface area contributed by atoms with Crippen LogP contribution in [-0.2, 0) is 9.59 Å². The molecular formula is C16H26N2O3. The molecule has 2 aliphatic carbocycles. The fourth-order valence-electron chi connectivity index (χ4n) is 3.37. The summed E-state index contributed by atoms with van der Waals surface area (Å²) in [5, 5.41) is 9.02. The van der Waals surface area contributed by atoms with Crippen LogP contribution >= 0.6 is 0 Å². The van der Waals surface area contributed by atoms with Crippen molar-refractivity contribution in [2.75, 3.05) is 26.2 Å². The molecule has 1 aliphatic heterocycles. The van der Waals surface area contributed by atoms with Gasteiger partial charge in [0.1, 0.15) is 0 Å². The van der Waals surface area contributed by atoms with Gasteiger partial charge in [-0.05, 0) is 44.4 Å². The van der Waals surface area contributed by atoms with Crippen LogP contribution in [0.25, 0.3) is 0 Å². The molecule has 1 N–H and O–H groups in total. The topological polar surface area (TPSA) is 60.9 Å². The lowest BCUT2D eigenvalue weighted by atomic mass is 9.90. The number of carbonyl (C=O) groups excluding carboxylic acids is 2. The number of amides is 2. The van der Waals surface area contributed by atoms with Gasteiger partial charge in [-0.2, -0.15) is 0 Å². The Labute approximate surface area is 126 Å². The second-order valence-electron chi connectivity index (χ2n) is 6.84. The van der Waals surface area contributed by atoms with Crippen LogP contribution in [0, 0.1) is 11.8 Å². The summed E-state index contributed by atoms with van der Waals surface area (Å²) < 4.78 is 0. The van der Waals surface area contributed by atoms with Crippen LogP contribution in [-0.4, -0.2) is 59.0 Å². The van der Waals surface area contributed by atoms with Crippen LogP contribution in [0.2, 0.25) is 0 Å². The maximum absolute atomic E-state index is 12.7. The van der Waals surface area contributed by atoms with E-state index in [1.165, 1.54) is 19.3 Å². The number of aliphatic hydroxyl groups is 1. The van der Waals surface area contributed by atoms with Crippen molar-refractivity contribution in [3.63, 3.8) is 0 Å². The molecule has 1 heterocycles. The van der Waals surface area contributed by atoms with Crippen molar-refractivity contribution in [3.05, 3.63) is 0 Å². The largest absolute Gasteiger partial charge is 0.396 e. The third-order valence-corrected chi connectivity index (χ3v) is 5.09. The normalized spacial score (nSPS) is 26.0. The van der Waals surface area contributed by atoms with E-state index in [-0.39, 0.29) is 24.3 Å². The Morgan fingerprint density at radius 3 is 2.62 bits per heavy atom. The quantitative estimate of drug-likeness (QED) is 0.762. The highest BCUT2D eigenvalue weighted by atomic mass is 16.3. The first-order valence-corrected chi connectivity index (χ1v) is 8.38. The van der Waals surface area contributed by atoms with Gasteiger partial charge >= 0.3 is 0 Å². The molecule has 1 saturated heterocycles. The lowest BCUT2D eigenvalue weighted by molar-refractivity contribution is -0.140. The van der Waals surface area contributed by atoms with E-state index in [1.807, 2.05) is 9.80 Å². The van der Waals surface area contributed by atoms with Gasteiger partial charge < -0.3 is 14.9 Å². The van der Waals surface area contributed by atoms with Crippen molar-refractivity contribution in [1.82, 2.24) is 9.80 Å². The highest BCUT2D eigenvalue weighted by molar-refractivity contribution is 5.89. The molecule has 0 spiro atoms. The van der Waals surface area contributed by atoms with Crippen LogP contribution in [0.4, 0.5) is 0 Å². The third kappa shape index (κ3) is 3.39. The minimum atomic E-state index is -0.157. The van der Waals surface area contributed by atoms with Crippen molar-refractivity contribution in [2.45, 2.75) is 51.0 Å². The summed E-state index contributed by atoms with van der Waals surface area (Å²) in [5.74, 6) is 0.811. The van der Waals surface area contributed by atoms with Gasteiger partial charge in [0.05, 0.1) is 5.92 Å². The standard InChI is InChI=1S/C16H26N2O3/c19-8-2-7-18(14-3-1-4-14)16(21)13-9-15(20)17(11-13)10-12-5-6-12/h12-14,19H,1-11H2. The van der Waals surface area contributed by atoms with E-state index >= 15 is 0 Å². The Morgan fingerprint density at radius 2 is 2.05 bits per heavy atom. The second kappa shape index (κ2) is 6.34. The van der Waals surface area contributed by atoms with E-state index in [2.05, 4.69) is 0 Å². The summed E-state index contributed by atoms with van der Waals surface area (Å²) in [7, 11) is 0. The molecule has 21 heavy (non-hydrogen) atoms. The Bertz CT molecular complexity index is 404. The number of nitrogens with zero attached hydrogens (tertiary/aromatic N) is 2. The Hall–Kier alpha value is -1.10. The van der Waals surface area contributed by atoms with Crippen molar-refractivity contribution in [1.29, 1.82) is 0 Å². The molecule has 1 atom stereocenters. The van der Waals surface area contributed by atoms with Gasteiger partial charge in [-0.25, -0.2) is 0 Å². The molecule has 3 aliphatic rings. The van der Waals surface area contributed by atoms with Crippen molar-refractivity contribution >= 4 is 11.8 Å². The van der Waals surface area contributed by atoms with Crippen LogP contribution < -0.4 is 0 Å². The van der Waals surface area contributed by atoms with Crippen molar-refractivity contribution in [3.8, 4) is 0 Å². The molecule has 0 radical (unpaired) electrons. The fraction of sp³-hybridized carbons (Fsp3) is 0.875. The molecule has 2 saturated carbocycles.